The number of hydrogen-bond donors (Lipinski definition) is 1. The molecular formula is C12H11N3O3. The molecule has 6 heteroatoms. The van der Waals surface area contributed by atoms with Gasteiger partial charge in [0.05, 0.1) is 19.7 Å². The predicted molar refractivity (Wildman–Crippen MR) is 63.0 cm³/mol. The predicted octanol–water partition coefficient (Wildman–Crippen LogP) is 0.891. The minimum atomic E-state index is -0.843. The first kappa shape index (κ1) is 11.9. The number of rotatable bonds is 2. The number of nitrogens with one attached hydrogen (secondary N) is 1. The second-order valence-electron chi connectivity index (χ2n) is 3.78. The first-order valence-electron chi connectivity index (χ1n) is 5.31. The van der Waals surface area contributed by atoms with Crippen molar-refractivity contribution in [3.05, 3.63) is 24.3 Å². The molecule has 3 amide bonds. The van der Waals surface area contributed by atoms with Gasteiger partial charge in [0.2, 0.25) is 5.91 Å². The van der Waals surface area contributed by atoms with E-state index in [1.54, 1.807) is 31.4 Å². The summed E-state index contributed by atoms with van der Waals surface area (Å²) in [7, 11) is 1.55. The Morgan fingerprint density at radius 1 is 1.39 bits per heavy atom. The Morgan fingerprint density at radius 2 is 2.06 bits per heavy atom. The molecule has 0 radical (unpaired) electrons. The van der Waals surface area contributed by atoms with Crippen molar-refractivity contribution in [3.63, 3.8) is 0 Å². The van der Waals surface area contributed by atoms with Gasteiger partial charge in [-0.1, -0.05) is 0 Å². The van der Waals surface area contributed by atoms with Gasteiger partial charge >= 0.3 is 6.03 Å². The number of anilines is 1. The lowest BCUT2D eigenvalue weighted by Crippen LogP contribution is -2.54. The van der Waals surface area contributed by atoms with Gasteiger partial charge in [-0.25, -0.2) is 4.79 Å². The summed E-state index contributed by atoms with van der Waals surface area (Å²) in [5, 5.41) is 11.0. The Bertz CT molecular complexity index is 518. The molecule has 0 spiro atoms. The number of benzene rings is 1. The maximum atomic E-state index is 11.7. The van der Waals surface area contributed by atoms with E-state index >= 15 is 0 Å². The van der Waals surface area contributed by atoms with E-state index in [-0.39, 0.29) is 6.54 Å². The molecule has 1 aromatic rings. The number of nitriles is 1. The van der Waals surface area contributed by atoms with Crippen molar-refractivity contribution in [2.45, 2.75) is 0 Å². The van der Waals surface area contributed by atoms with E-state index in [4.69, 9.17) is 10.00 Å². The van der Waals surface area contributed by atoms with Crippen LogP contribution in [0.3, 0.4) is 0 Å². The molecule has 1 aromatic carbocycles. The van der Waals surface area contributed by atoms with Crippen LogP contribution in [0.4, 0.5) is 10.5 Å². The first-order chi connectivity index (χ1) is 8.65. The number of imide groups is 1. The van der Waals surface area contributed by atoms with Crippen molar-refractivity contribution in [1.82, 2.24) is 5.32 Å². The Labute approximate surface area is 104 Å². The molecule has 1 aliphatic heterocycles. The normalized spacial score (nSPS) is 19.1. The number of nitrogens with zero attached hydrogens (tertiary/aromatic N) is 2. The van der Waals surface area contributed by atoms with E-state index in [0.717, 1.165) is 0 Å². The molecule has 1 aliphatic rings. The highest BCUT2D eigenvalue weighted by Gasteiger charge is 2.32. The van der Waals surface area contributed by atoms with Crippen molar-refractivity contribution in [2.75, 3.05) is 18.6 Å². The molecule has 0 aromatic heterocycles. The van der Waals surface area contributed by atoms with Gasteiger partial charge in [0.25, 0.3) is 0 Å². The summed E-state index contributed by atoms with van der Waals surface area (Å²) in [6, 6.07) is 8.16. The van der Waals surface area contributed by atoms with Gasteiger partial charge in [0.1, 0.15) is 11.7 Å². The zero-order valence-electron chi connectivity index (χ0n) is 9.71. The number of urea groups is 1. The van der Waals surface area contributed by atoms with Crippen molar-refractivity contribution < 1.29 is 14.3 Å². The van der Waals surface area contributed by atoms with Gasteiger partial charge < -0.3 is 4.74 Å². The molecule has 1 unspecified atom stereocenters. The molecule has 1 fully saturated rings. The third-order valence-electron chi connectivity index (χ3n) is 2.70. The van der Waals surface area contributed by atoms with Gasteiger partial charge in [-0.3, -0.25) is 15.0 Å². The van der Waals surface area contributed by atoms with Gasteiger partial charge in [-0.15, -0.1) is 0 Å². The second kappa shape index (κ2) is 4.75. The van der Waals surface area contributed by atoms with Crippen molar-refractivity contribution in [2.24, 2.45) is 5.92 Å². The largest absolute Gasteiger partial charge is 0.497 e. The molecule has 6 nitrogen and oxygen atoms in total. The number of amides is 3. The van der Waals surface area contributed by atoms with Crippen LogP contribution in [-0.4, -0.2) is 25.6 Å². The molecule has 1 heterocycles. The molecule has 1 saturated heterocycles. The van der Waals surface area contributed by atoms with Crippen LogP contribution in [0.25, 0.3) is 0 Å². The van der Waals surface area contributed by atoms with Crippen molar-refractivity contribution >= 4 is 17.6 Å². The Hall–Kier alpha value is -2.55. The van der Waals surface area contributed by atoms with Crippen LogP contribution < -0.4 is 15.0 Å². The summed E-state index contributed by atoms with van der Waals surface area (Å²) in [4.78, 5) is 24.3. The summed E-state index contributed by atoms with van der Waals surface area (Å²) in [6.45, 7) is 0.0630. The van der Waals surface area contributed by atoms with E-state index in [1.807, 2.05) is 6.07 Å². The van der Waals surface area contributed by atoms with Crippen LogP contribution in [0.15, 0.2) is 24.3 Å². The quantitative estimate of drug-likeness (QED) is 0.838. The van der Waals surface area contributed by atoms with E-state index in [1.165, 1.54) is 4.90 Å². The maximum Gasteiger partial charge on any atom is 0.328 e. The minimum Gasteiger partial charge on any atom is -0.497 e. The molecule has 92 valence electrons. The average molecular weight is 245 g/mol. The molecule has 2 rings (SSSR count). The van der Waals surface area contributed by atoms with Crippen LogP contribution in [0.5, 0.6) is 5.75 Å². The highest BCUT2D eigenvalue weighted by atomic mass is 16.5. The average Bonchev–Trinajstić information content (AvgIpc) is 2.39. The van der Waals surface area contributed by atoms with E-state index in [2.05, 4.69) is 5.32 Å². The summed E-state index contributed by atoms with van der Waals surface area (Å²) in [5.74, 6) is -0.721. The number of methoxy groups -OCH3 is 1. The SMILES string of the molecule is COc1ccc(N2CC(C#N)C(=O)NC2=O)cc1. The minimum absolute atomic E-state index is 0.0630. The van der Waals surface area contributed by atoms with E-state index in [9.17, 15) is 9.59 Å². The van der Waals surface area contributed by atoms with Crippen LogP contribution in [-0.2, 0) is 4.79 Å². The number of hydrogen-bond acceptors (Lipinski definition) is 4. The fraction of sp³-hybridized carbons (Fsp3) is 0.250. The highest BCUT2D eigenvalue weighted by molar-refractivity contribution is 6.07. The van der Waals surface area contributed by atoms with Crippen LogP contribution >= 0.6 is 0 Å². The summed E-state index contributed by atoms with van der Waals surface area (Å²) >= 11 is 0. The highest BCUT2D eigenvalue weighted by Crippen LogP contribution is 2.22. The third kappa shape index (κ3) is 2.11. The Morgan fingerprint density at radius 3 is 2.61 bits per heavy atom. The van der Waals surface area contributed by atoms with E-state index < -0.39 is 17.9 Å². The smallest absolute Gasteiger partial charge is 0.328 e. The molecule has 18 heavy (non-hydrogen) atoms. The van der Waals surface area contributed by atoms with Gasteiger partial charge in [0, 0.05) is 5.69 Å². The Balaban J connectivity index is 2.23. The lowest BCUT2D eigenvalue weighted by Gasteiger charge is -2.29. The maximum absolute atomic E-state index is 11.7. The summed E-state index contributed by atoms with van der Waals surface area (Å²) in [6.07, 6.45) is 0. The fourth-order valence-corrected chi connectivity index (χ4v) is 1.69. The first-order valence-corrected chi connectivity index (χ1v) is 5.31. The van der Waals surface area contributed by atoms with Crippen molar-refractivity contribution in [1.29, 1.82) is 5.26 Å². The number of carbonyl (C=O) groups is 2. The summed E-state index contributed by atoms with van der Waals surface area (Å²) in [5.41, 5.74) is 0.612. The Kier molecular flexibility index (Phi) is 3.15. The molecule has 0 saturated carbocycles. The zero-order chi connectivity index (χ0) is 13.1. The lowest BCUT2D eigenvalue weighted by atomic mass is 10.1. The zero-order valence-corrected chi connectivity index (χ0v) is 9.71. The van der Waals surface area contributed by atoms with Crippen molar-refractivity contribution in [3.8, 4) is 11.8 Å². The lowest BCUT2D eigenvalue weighted by molar-refractivity contribution is -0.122. The van der Waals surface area contributed by atoms with Gasteiger partial charge in [-0.2, -0.15) is 5.26 Å². The van der Waals surface area contributed by atoms with Gasteiger partial charge in [-0.05, 0) is 24.3 Å². The van der Waals surface area contributed by atoms with Crippen LogP contribution in [0.1, 0.15) is 0 Å². The second-order valence-corrected chi connectivity index (χ2v) is 3.78. The number of carbonyl (C=O) groups excluding carboxylic acids is 2. The third-order valence-corrected chi connectivity index (χ3v) is 2.70. The van der Waals surface area contributed by atoms with E-state index in [0.29, 0.717) is 11.4 Å². The van der Waals surface area contributed by atoms with Gasteiger partial charge in [0.15, 0.2) is 0 Å². The standard InChI is InChI=1S/C12H11N3O3/c1-18-10-4-2-9(3-5-10)15-7-8(6-13)11(16)14-12(15)17/h2-5,8H,7H2,1H3,(H,14,16,17). The van der Waals surface area contributed by atoms with Crippen LogP contribution in [0.2, 0.25) is 0 Å². The number of ether oxygens (including phenoxy) is 1. The summed E-state index contributed by atoms with van der Waals surface area (Å²) < 4.78 is 5.02. The molecule has 0 aliphatic carbocycles. The molecule has 0 bridgehead atoms. The van der Waals surface area contributed by atoms with Crippen LogP contribution in [0, 0.1) is 17.2 Å². The monoisotopic (exact) mass is 245 g/mol. The molecule has 1 atom stereocenters. The topological polar surface area (TPSA) is 82.4 Å². The molecule has 1 N–H and O–H groups in total. The fourth-order valence-electron chi connectivity index (χ4n) is 1.69. The molecular weight excluding hydrogens is 234 g/mol.